The van der Waals surface area contributed by atoms with Gasteiger partial charge in [-0.3, -0.25) is 4.79 Å². The number of carbonyl (C=O) groups excluding carboxylic acids is 1. The lowest BCUT2D eigenvalue weighted by Crippen LogP contribution is -2.32. The van der Waals surface area contributed by atoms with Gasteiger partial charge in [0.15, 0.2) is 0 Å². The van der Waals surface area contributed by atoms with E-state index in [4.69, 9.17) is 11.6 Å². The summed E-state index contributed by atoms with van der Waals surface area (Å²) in [5.74, 6) is -0.166. The molecule has 0 spiro atoms. The van der Waals surface area contributed by atoms with Crippen molar-refractivity contribution in [2.45, 2.75) is 25.4 Å². The molecule has 1 N–H and O–H groups in total. The van der Waals surface area contributed by atoms with Gasteiger partial charge in [-0.15, -0.1) is 0 Å². The van der Waals surface area contributed by atoms with Crippen LogP contribution in [0.3, 0.4) is 0 Å². The molecule has 0 radical (unpaired) electrons. The quantitative estimate of drug-likeness (QED) is 0.905. The predicted molar refractivity (Wildman–Crippen MR) is 79.9 cm³/mol. The average molecular weight is 335 g/mol. The molecule has 2 rings (SSSR count). The van der Waals surface area contributed by atoms with Crippen LogP contribution in [0.15, 0.2) is 18.2 Å². The topological polar surface area (TPSA) is 32.3 Å². The number of rotatable bonds is 3. The van der Waals surface area contributed by atoms with Gasteiger partial charge >= 0.3 is 6.18 Å². The fraction of sp³-hybridized carbons (Fsp3) is 0.533. The van der Waals surface area contributed by atoms with E-state index in [0.29, 0.717) is 0 Å². The zero-order chi connectivity index (χ0) is 16.3. The molecule has 1 aliphatic rings. The van der Waals surface area contributed by atoms with E-state index in [9.17, 15) is 18.0 Å². The van der Waals surface area contributed by atoms with Crippen LogP contribution in [0.2, 0.25) is 5.02 Å². The van der Waals surface area contributed by atoms with E-state index in [0.717, 1.165) is 32.0 Å². The van der Waals surface area contributed by atoms with Crippen LogP contribution in [-0.2, 0) is 11.0 Å². The maximum atomic E-state index is 13.0. The Bertz CT molecular complexity index is 540. The van der Waals surface area contributed by atoms with E-state index < -0.39 is 11.7 Å². The van der Waals surface area contributed by atoms with Crippen LogP contribution in [0.25, 0.3) is 0 Å². The minimum atomic E-state index is -4.55. The summed E-state index contributed by atoms with van der Waals surface area (Å²) in [7, 11) is 2.01. The van der Waals surface area contributed by atoms with Crippen molar-refractivity contribution in [1.82, 2.24) is 4.90 Å². The van der Waals surface area contributed by atoms with E-state index >= 15 is 0 Å². The number of halogens is 4. The Morgan fingerprint density at radius 2 is 2.00 bits per heavy atom. The summed E-state index contributed by atoms with van der Waals surface area (Å²) < 4.78 is 38.9. The number of anilines is 1. The molecule has 0 aromatic heterocycles. The highest BCUT2D eigenvalue weighted by atomic mass is 35.5. The number of nitrogens with one attached hydrogen (secondary N) is 1. The van der Waals surface area contributed by atoms with Crippen molar-refractivity contribution in [2.75, 3.05) is 25.5 Å². The molecular formula is C15H18ClF3N2O. The van der Waals surface area contributed by atoms with Crippen molar-refractivity contribution in [2.24, 2.45) is 5.92 Å². The van der Waals surface area contributed by atoms with Crippen molar-refractivity contribution in [1.29, 1.82) is 0 Å². The first-order chi connectivity index (χ1) is 10.3. The number of hydrogen-bond acceptors (Lipinski definition) is 2. The normalized spacial score (nSPS) is 17.5. The van der Waals surface area contributed by atoms with Gasteiger partial charge in [-0.05, 0) is 57.1 Å². The third-order valence-electron chi connectivity index (χ3n) is 3.87. The largest absolute Gasteiger partial charge is 0.418 e. The van der Waals surface area contributed by atoms with Crippen LogP contribution >= 0.6 is 11.6 Å². The highest BCUT2D eigenvalue weighted by molar-refractivity contribution is 6.30. The SMILES string of the molecule is CN1CCC(CC(=O)Nc2ccc(Cl)cc2C(F)(F)F)CC1. The Morgan fingerprint density at radius 3 is 2.59 bits per heavy atom. The zero-order valence-electron chi connectivity index (χ0n) is 12.2. The van der Waals surface area contributed by atoms with Gasteiger partial charge in [0, 0.05) is 11.4 Å². The second kappa shape index (κ2) is 6.87. The summed E-state index contributed by atoms with van der Waals surface area (Å²) in [4.78, 5) is 14.2. The van der Waals surface area contributed by atoms with Crippen molar-refractivity contribution < 1.29 is 18.0 Å². The number of benzene rings is 1. The lowest BCUT2D eigenvalue weighted by atomic mass is 9.93. The molecule has 0 bridgehead atoms. The monoisotopic (exact) mass is 334 g/mol. The maximum Gasteiger partial charge on any atom is 0.418 e. The van der Waals surface area contributed by atoms with E-state index in [2.05, 4.69) is 10.2 Å². The molecule has 22 heavy (non-hydrogen) atoms. The number of likely N-dealkylation sites (tertiary alicyclic amines) is 1. The molecule has 0 atom stereocenters. The van der Waals surface area contributed by atoms with E-state index in [1.54, 1.807) is 0 Å². The van der Waals surface area contributed by atoms with Gasteiger partial charge in [0.25, 0.3) is 0 Å². The van der Waals surface area contributed by atoms with Gasteiger partial charge in [0.05, 0.1) is 11.3 Å². The van der Waals surface area contributed by atoms with Crippen LogP contribution in [0.4, 0.5) is 18.9 Å². The third kappa shape index (κ3) is 4.61. The van der Waals surface area contributed by atoms with Gasteiger partial charge in [0.1, 0.15) is 0 Å². The summed E-state index contributed by atoms with van der Waals surface area (Å²) in [6, 6.07) is 3.35. The first-order valence-corrected chi connectivity index (χ1v) is 7.48. The van der Waals surface area contributed by atoms with E-state index in [-0.39, 0.29) is 29.0 Å². The molecule has 3 nitrogen and oxygen atoms in total. The fourth-order valence-electron chi connectivity index (χ4n) is 2.59. The smallest absolute Gasteiger partial charge is 0.325 e. The van der Waals surface area contributed by atoms with E-state index in [1.807, 2.05) is 7.05 Å². The average Bonchev–Trinajstić information content (AvgIpc) is 2.42. The molecular weight excluding hydrogens is 317 g/mol. The summed E-state index contributed by atoms with van der Waals surface area (Å²) in [6.45, 7) is 1.82. The number of piperidine rings is 1. The second-order valence-corrected chi connectivity index (χ2v) is 6.12. The van der Waals surface area contributed by atoms with Crippen molar-refractivity contribution >= 4 is 23.2 Å². The van der Waals surface area contributed by atoms with Crippen LogP contribution in [0.5, 0.6) is 0 Å². The molecule has 0 aliphatic carbocycles. The van der Waals surface area contributed by atoms with Gasteiger partial charge in [0.2, 0.25) is 5.91 Å². The Labute approximate surface area is 132 Å². The molecule has 0 unspecified atom stereocenters. The zero-order valence-corrected chi connectivity index (χ0v) is 13.0. The molecule has 1 aromatic carbocycles. The Balaban J connectivity index is 2.02. The van der Waals surface area contributed by atoms with Gasteiger partial charge < -0.3 is 10.2 Å². The molecule has 1 heterocycles. The predicted octanol–water partition coefficient (Wildman–Crippen LogP) is 4.03. The minimum absolute atomic E-state index is 0.0133. The van der Waals surface area contributed by atoms with Gasteiger partial charge in [-0.25, -0.2) is 0 Å². The summed E-state index contributed by atoms with van der Waals surface area (Å²) in [5, 5.41) is 2.36. The molecule has 122 valence electrons. The van der Waals surface area contributed by atoms with Crippen LogP contribution < -0.4 is 5.32 Å². The summed E-state index contributed by atoms with van der Waals surface area (Å²) in [6.07, 6.45) is -2.54. The third-order valence-corrected chi connectivity index (χ3v) is 4.11. The standard InChI is InChI=1S/C15H18ClF3N2O/c1-21-6-4-10(5-7-21)8-14(22)20-13-3-2-11(16)9-12(13)15(17,18)19/h2-3,9-10H,4-8H2,1H3,(H,20,22). The molecule has 1 aromatic rings. The number of alkyl halides is 3. The molecule has 1 amide bonds. The Kier molecular flexibility index (Phi) is 5.34. The molecule has 0 saturated carbocycles. The van der Waals surface area contributed by atoms with E-state index in [1.165, 1.54) is 12.1 Å². The molecule has 1 aliphatic heterocycles. The molecule has 1 fully saturated rings. The summed E-state index contributed by atoms with van der Waals surface area (Å²) in [5.41, 5.74) is -1.16. The minimum Gasteiger partial charge on any atom is -0.325 e. The maximum absolute atomic E-state index is 13.0. The van der Waals surface area contributed by atoms with Crippen molar-refractivity contribution in [3.8, 4) is 0 Å². The second-order valence-electron chi connectivity index (χ2n) is 5.69. The number of amides is 1. The number of nitrogens with zero attached hydrogens (tertiary/aromatic N) is 1. The molecule has 7 heteroatoms. The van der Waals surface area contributed by atoms with Crippen LogP contribution in [0.1, 0.15) is 24.8 Å². The van der Waals surface area contributed by atoms with Gasteiger partial charge in [-0.1, -0.05) is 11.6 Å². The van der Waals surface area contributed by atoms with Crippen LogP contribution in [-0.4, -0.2) is 30.9 Å². The van der Waals surface area contributed by atoms with Crippen molar-refractivity contribution in [3.05, 3.63) is 28.8 Å². The summed E-state index contributed by atoms with van der Waals surface area (Å²) >= 11 is 5.61. The van der Waals surface area contributed by atoms with Crippen molar-refractivity contribution in [3.63, 3.8) is 0 Å². The Hall–Kier alpha value is -1.27. The highest BCUT2D eigenvalue weighted by Crippen LogP contribution is 2.36. The number of hydrogen-bond donors (Lipinski definition) is 1. The lowest BCUT2D eigenvalue weighted by molar-refractivity contribution is -0.137. The first-order valence-electron chi connectivity index (χ1n) is 7.11. The van der Waals surface area contributed by atoms with Crippen LogP contribution in [0, 0.1) is 5.92 Å². The lowest BCUT2D eigenvalue weighted by Gasteiger charge is -2.28. The first kappa shape index (κ1) is 17.1. The molecule has 1 saturated heterocycles. The number of carbonyl (C=O) groups is 1. The highest BCUT2D eigenvalue weighted by Gasteiger charge is 2.34. The fourth-order valence-corrected chi connectivity index (χ4v) is 2.76. The van der Waals surface area contributed by atoms with Gasteiger partial charge in [-0.2, -0.15) is 13.2 Å². The Morgan fingerprint density at radius 1 is 1.36 bits per heavy atom.